The smallest absolute Gasteiger partial charge is 0.219 e. The molecule has 2 rings (SSSR count). The van der Waals surface area contributed by atoms with Crippen LogP contribution < -0.4 is 10.2 Å². The summed E-state index contributed by atoms with van der Waals surface area (Å²) in [5.74, 6) is 1.31. The number of ether oxygens (including phenoxy) is 1. The lowest BCUT2D eigenvalue weighted by molar-refractivity contribution is 0.463. The Bertz CT molecular complexity index is 399. The highest BCUT2D eigenvalue weighted by atomic mass is 16.5. The quantitative estimate of drug-likeness (QED) is 0.657. The van der Waals surface area contributed by atoms with Gasteiger partial charge in [0.25, 0.3) is 0 Å². The topological polar surface area (TPSA) is 22.1 Å². The number of pyridine rings is 1. The van der Waals surface area contributed by atoms with Gasteiger partial charge in [-0.2, -0.15) is 0 Å². The molecule has 2 nitrogen and oxygen atoms in total. The van der Waals surface area contributed by atoms with E-state index in [0.717, 1.165) is 11.2 Å². The van der Waals surface area contributed by atoms with E-state index in [1.807, 2.05) is 24.3 Å². The van der Waals surface area contributed by atoms with Crippen LogP contribution >= 0.6 is 0 Å². The number of rotatable bonds is 2. The van der Waals surface area contributed by atoms with E-state index in [0.29, 0.717) is 5.88 Å². The number of nitrogens with zero attached hydrogens (tertiary/aromatic N) is 1. The molecule has 0 fully saturated rings. The lowest BCUT2D eigenvalue weighted by Gasteiger charge is -2.03. The number of benzene rings is 1. The summed E-state index contributed by atoms with van der Waals surface area (Å²) in [6, 6.07) is 12.7. The molecule has 0 spiro atoms. The molecule has 66 valence electrons. The molecule has 1 aromatic carbocycles. The Kier molecular flexibility index (Phi) is 2.50. The summed E-state index contributed by atoms with van der Waals surface area (Å²) in [5, 5.41) is 0. The van der Waals surface area contributed by atoms with E-state index in [-0.39, 0.29) is 0 Å². The zero-order chi connectivity index (χ0) is 9.80. The van der Waals surface area contributed by atoms with Crippen molar-refractivity contribution < 1.29 is 4.74 Å². The summed E-state index contributed by atoms with van der Waals surface area (Å²) in [4.78, 5) is 4.04. The maximum atomic E-state index is 5.55. The molecule has 0 amide bonds. The van der Waals surface area contributed by atoms with Crippen LogP contribution in [-0.4, -0.2) is 12.8 Å². The first-order valence-corrected chi connectivity index (χ1v) is 4.29. The summed E-state index contributed by atoms with van der Waals surface area (Å²) < 4.78 is 5.47. The van der Waals surface area contributed by atoms with Crippen molar-refractivity contribution in [1.82, 2.24) is 4.98 Å². The molecule has 2 radical (unpaired) electrons. The molecule has 1 aromatic heterocycles. The van der Waals surface area contributed by atoms with Gasteiger partial charge in [-0.15, -0.1) is 0 Å². The second-order valence-corrected chi connectivity index (χ2v) is 2.84. The monoisotopic (exact) mass is 181 g/mol. The van der Waals surface area contributed by atoms with Gasteiger partial charge in [-0.1, -0.05) is 23.7 Å². The first-order valence-electron chi connectivity index (χ1n) is 4.29. The van der Waals surface area contributed by atoms with E-state index >= 15 is 0 Å². The Balaban J connectivity index is 2.16. The summed E-state index contributed by atoms with van der Waals surface area (Å²) in [5.41, 5.74) is 0.721. The van der Waals surface area contributed by atoms with Crippen molar-refractivity contribution in [1.29, 1.82) is 0 Å². The Labute approximate surface area is 84.0 Å². The second-order valence-electron chi connectivity index (χ2n) is 2.84. The highest BCUT2D eigenvalue weighted by Crippen LogP contribution is 2.16. The van der Waals surface area contributed by atoms with Gasteiger partial charge in [0.1, 0.15) is 13.6 Å². The SMILES string of the molecule is [B]c1ccc(Oc2ccccn2)cc1. The average Bonchev–Trinajstić information content (AvgIpc) is 2.23. The van der Waals surface area contributed by atoms with Gasteiger partial charge in [-0.05, 0) is 18.2 Å². The number of hydrogen-bond donors (Lipinski definition) is 0. The van der Waals surface area contributed by atoms with Crippen LogP contribution in [0.5, 0.6) is 11.6 Å². The van der Waals surface area contributed by atoms with Crippen molar-refractivity contribution in [2.24, 2.45) is 0 Å². The third-order valence-electron chi connectivity index (χ3n) is 1.74. The van der Waals surface area contributed by atoms with Crippen molar-refractivity contribution in [3.63, 3.8) is 0 Å². The maximum Gasteiger partial charge on any atom is 0.219 e. The van der Waals surface area contributed by atoms with Gasteiger partial charge in [0.05, 0.1) is 0 Å². The molecule has 0 saturated carbocycles. The molecule has 0 aliphatic rings. The summed E-state index contributed by atoms with van der Waals surface area (Å²) >= 11 is 0. The van der Waals surface area contributed by atoms with Gasteiger partial charge in [-0.25, -0.2) is 4.98 Å². The van der Waals surface area contributed by atoms with Crippen molar-refractivity contribution >= 4 is 13.3 Å². The van der Waals surface area contributed by atoms with Crippen LogP contribution in [0.1, 0.15) is 0 Å². The third-order valence-corrected chi connectivity index (χ3v) is 1.74. The van der Waals surface area contributed by atoms with Crippen LogP contribution in [0.4, 0.5) is 0 Å². The molecule has 3 heteroatoms. The highest BCUT2D eigenvalue weighted by Gasteiger charge is 1.95. The fourth-order valence-electron chi connectivity index (χ4n) is 1.06. The Morgan fingerprint density at radius 1 is 1.00 bits per heavy atom. The molecule has 1 heterocycles. The predicted molar refractivity (Wildman–Crippen MR) is 56.1 cm³/mol. The standard InChI is InChI=1S/C11H8BNO/c12-9-4-6-10(7-5-9)14-11-3-1-2-8-13-11/h1-8H. The zero-order valence-corrected chi connectivity index (χ0v) is 7.55. The molecule has 0 bridgehead atoms. The lowest BCUT2D eigenvalue weighted by Crippen LogP contribution is -1.99. The van der Waals surface area contributed by atoms with Crippen molar-refractivity contribution in [3.05, 3.63) is 48.7 Å². The van der Waals surface area contributed by atoms with E-state index in [9.17, 15) is 0 Å². The lowest BCUT2D eigenvalue weighted by atomic mass is 9.97. The van der Waals surface area contributed by atoms with Gasteiger partial charge >= 0.3 is 0 Å². The van der Waals surface area contributed by atoms with Crippen molar-refractivity contribution in [3.8, 4) is 11.6 Å². The average molecular weight is 181 g/mol. The molecule has 0 aliphatic heterocycles. The Morgan fingerprint density at radius 2 is 1.79 bits per heavy atom. The van der Waals surface area contributed by atoms with Gasteiger partial charge < -0.3 is 4.74 Å². The maximum absolute atomic E-state index is 5.55. The third kappa shape index (κ3) is 2.13. The largest absolute Gasteiger partial charge is 0.439 e. The number of hydrogen-bond acceptors (Lipinski definition) is 2. The van der Waals surface area contributed by atoms with Crippen LogP contribution in [0.2, 0.25) is 0 Å². The van der Waals surface area contributed by atoms with E-state index in [4.69, 9.17) is 12.6 Å². The molecule has 0 aliphatic carbocycles. The Morgan fingerprint density at radius 3 is 2.43 bits per heavy atom. The second kappa shape index (κ2) is 3.96. The van der Waals surface area contributed by atoms with Crippen molar-refractivity contribution in [2.45, 2.75) is 0 Å². The van der Waals surface area contributed by atoms with Gasteiger partial charge in [-0.3, -0.25) is 0 Å². The minimum Gasteiger partial charge on any atom is -0.439 e. The van der Waals surface area contributed by atoms with Crippen molar-refractivity contribution in [2.75, 3.05) is 0 Å². The molecular weight excluding hydrogens is 173 g/mol. The fraction of sp³-hybridized carbons (Fsp3) is 0. The van der Waals surface area contributed by atoms with Gasteiger partial charge in [0.15, 0.2) is 0 Å². The summed E-state index contributed by atoms with van der Waals surface area (Å²) in [7, 11) is 5.55. The van der Waals surface area contributed by atoms with Gasteiger partial charge in [0, 0.05) is 12.3 Å². The normalized spacial score (nSPS) is 9.71. The van der Waals surface area contributed by atoms with Crippen LogP contribution in [-0.2, 0) is 0 Å². The van der Waals surface area contributed by atoms with Gasteiger partial charge in [0.2, 0.25) is 5.88 Å². The molecular formula is C11H8BNO. The van der Waals surface area contributed by atoms with Crippen LogP contribution in [0.3, 0.4) is 0 Å². The molecule has 2 aromatic rings. The van der Waals surface area contributed by atoms with E-state index in [1.165, 1.54) is 0 Å². The van der Waals surface area contributed by atoms with E-state index in [2.05, 4.69) is 4.98 Å². The van der Waals surface area contributed by atoms with E-state index in [1.54, 1.807) is 24.4 Å². The predicted octanol–water partition coefficient (Wildman–Crippen LogP) is 1.67. The minimum atomic E-state index is 0.581. The van der Waals surface area contributed by atoms with Crippen LogP contribution in [0.15, 0.2) is 48.7 Å². The molecule has 0 N–H and O–H groups in total. The molecule has 14 heavy (non-hydrogen) atoms. The van der Waals surface area contributed by atoms with Crippen LogP contribution in [0.25, 0.3) is 0 Å². The summed E-state index contributed by atoms with van der Waals surface area (Å²) in [6.07, 6.45) is 1.69. The molecule has 0 unspecified atom stereocenters. The number of aromatic nitrogens is 1. The fourth-order valence-corrected chi connectivity index (χ4v) is 1.06. The first-order chi connectivity index (χ1) is 6.84. The van der Waals surface area contributed by atoms with E-state index < -0.39 is 0 Å². The Hall–Kier alpha value is -1.77. The highest BCUT2D eigenvalue weighted by molar-refractivity contribution is 6.32. The minimum absolute atomic E-state index is 0.581. The zero-order valence-electron chi connectivity index (χ0n) is 7.55. The molecule has 0 atom stereocenters. The first kappa shape index (κ1) is 8.82. The molecule has 0 saturated heterocycles. The summed E-state index contributed by atoms with van der Waals surface area (Å²) in [6.45, 7) is 0. The van der Waals surface area contributed by atoms with Crippen LogP contribution in [0, 0.1) is 0 Å².